The van der Waals surface area contributed by atoms with E-state index < -0.39 is 18.5 Å². The lowest BCUT2D eigenvalue weighted by molar-refractivity contribution is -0.119. The number of para-hydroxylation sites is 1. The predicted octanol–water partition coefficient (Wildman–Crippen LogP) is 5.05. The first-order chi connectivity index (χ1) is 16.9. The van der Waals surface area contributed by atoms with Crippen LogP contribution in [0.2, 0.25) is 0 Å². The molecule has 0 bridgehead atoms. The molecular weight excluding hydrogens is 462 g/mol. The lowest BCUT2D eigenvalue weighted by Gasteiger charge is -2.13. The minimum Gasteiger partial charge on any atom is -0.452 e. The zero-order chi connectivity index (χ0) is 24.9. The summed E-state index contributed by atoms with van der Waals surface area (Å²) in [6.45, 7) is 3.09. The Hall–Kier alpha value is -4.48. The fourth-order valence-electron chi connectivity index (χ4n) is 3.74. The second-order valence-corrected chi connectivity index (χ2v) is 8.64. The van der Waals surface area contributed by atoms with Gasteiger partial charge in [0, 0.05) is 16.9 Å². The molecule has 35 heavy (non-hydrogen) atoms. The Morgan fingerprint density at radius 2 is 1.66 bits per heavy atom. The lowest BCUT2D eigenvalue weighted by atomic mass is 10.0. The van der Waals surface area contributed by atoms with E-state index in [-0.39, 0.29) is 16.9 Å². The van der Waals surface area contributed by atoms with Crippen LogP contribution in [-0.4, -0.2) is 28.8 Å². The molecule has 1 N–H and O–H groups in total. The van der Waals surface area contributed by atoms with Gasteiger partial charge < -0.3 is 10.1 Å². The summed E-state index contributed by atoms with van der Waals surface area (Å²) in [5.74, 6) is -1.37. The number of carbonyl (C=O) groups excluding carboxylic acids is 3. The van der Waals surface area contributed by atoms with Gasteiger partial charge in [0.1, 0.15) is 11.9 Å². The van der Waals surface area contributed by atoms with E-state index in [1.54, 1.807) is 40.3 Å². The standard InChI is InChI=1S/C27H21N3O4S/c1-17-18(2)30(19-9-4-3-5-10-19)26(22(17)15-28)29-24(31)16-34-27(33)21-12-7-6-11-20(21)25(32)23-13-8-14-35-23/h3-14H,16H2,1-2H3,(H,29,31). The molecule has 0 saturated heterocycles. The third kappa shape index (κ3) is 4.76. The molecule has 0 saturated carbocycles. The van der Waals surface area contributed by atoms with E-state index in [1.165, 1.54) is 17.4 Å². The monoisotopic (exact) mass is 483 g/mol. The zero-order valence-corrected chi connectivity index (χ0v) is 19.9. The van der Waals surface area contributed by atoms with Crippen LogP contribution in [0, 0.1) is 25.2 Å². The van der Waals surface area contributed by atoms with Crippen LogP contribution in [-0.2, 0) is 9.53 Å². The first-order valence-corrected chi connectivity index (χ1v) is 11.6. The SMILES string of the molecule is Cc1c(C#N)c(NC(=O)COC(=O)c2ccccc2C(=O)c2cccs2)n(-c2ccccc2)c1C. The highest BCUT2D eigenvalue weighted by molar-refractivity contribution is 7.12. The van der Waals surface area contributed by atoms with Crippen LogP contribution in [0.4, 0.5) is 5.82 Å². The highest BCUT2D eigenvalue weighted by Gasteiger charge is 2.23. The molecule has 0 aliphatic heterocycles. The molecule has 0 radical (unpaired) electrons. The first-order valence-electron chi connectivity index (χ1n) is 10.7. The highest BCUT2D eigenvalue weighted by Crippen LogP contribution is 2.30. The number of benzene rings is 2. The van der Waals surface area contributed by atoms with Crippen molar-refractivity contribution in [2.24, 2.45) is 0 Å². The number of hydrogen-bond acceptors (Lipinski definition) is 6. The number of ether oxygens (including phenoxy) is 1. The molecule has 0 spiro atoms. The van der Waals surface area contributed by atoms with Crippen molar-refractivity contribution in [2.45, 2.75) is 13.8 Å². The molecule has 2 aromatic carbocycles. The van der Waals surface area contributed by atoms with Crippen molar-refractivity contribution in [1.82, 2.24) is 4.57 Å². The molecule has 2 aromatic heterocycles. The fourth-order valence-corrected chi connectivity index (χ4v) is 4.42. The number of esters is 1. The number of nitriles is 1. The third-order valence-electron chi connectivity index (χ3n) is 5.57. The van der Waals surface area contributed by atoms with Crippen LogP contribution < -0.4 is 5.32 Å². The van der Waals surface area contributed by atoms with E-state index in [9.17, 15) is 19.6 Å². The second kappa shape index (κ2) is 10.2. The van der Waals surface area contributed by atoms with Crippen molar-refractivity contribution in [3.05, 3.63) is 105 Å². The Labute approximate surface area is 206 Å². The summed E-state index contributed by atoms with van der Waals surface area (Å²) >= 11 is 1.28. The molecule has 7 nitrogen and oxygen atoms in total. The van der Waals surface area contributed by atoms with Gasteiger partial charge in [0.05, 0.1) is 16.0 Å². The van der Waals surface area contributed by atoms with Crippen LogP contribution >= 0.6 is 11.3 Å². The summed E-state index contributed by atoms with van der Waals surface area (Å²) in [6, 6.07) is 21.2. The zero-order valence-electron chi connectivity index (χ0n) is 19.1. The van der Waals surface area contributed by atoms with Crippen LogP contribution in [0.1, 0.15) is 42.4 Å². The quantitative estimate of drug-likeness (QED) is 0.293. The third-order valence-corrected chi connectivity index (χ3v) is 6.44. The van der Waals surface area contributed by atoms with E-state index in [0.717, 1.165) is 16.9 Å². The topological polar surface area (TPSA) is 101 Å². The van der Waals surface area contributed by atoms with Crippen molar-refractivity contribution in [3.8, 4) is 11.8 Å². The number of aromatic nitrogens is 1. The van der Waals surface area contributed by atoms with Gasteiger partial charge in [0.25, 0.3) is 5.91 Å². The van der Waals surface area contributed by atoms with Gasteiger partial charge in [-0.2, -0.15) is 5.26 Å². The van der Waals surface area contributed by atoms with E-state index in [4.69, 9.17) is 4.74 Å². The van der Waals surface area contributed by atoms with E-state index >= 15 is 0 Å². The van der Waals surface area contributed by atoms with Crippen LogP contribution in [0.5, 0.6) is 0 Å². The molecule has 0 atom stereocenters. The highest BCUT2D eigenvalue weighted by atomic mass is 32.1. The number of anilines is 1. The molecule has 174 valence electrons. The Balaban J connectivity index is 1.53. The number of nitrogens with zero attached hydrogens (tertiary/aromatic N) is 2. The average molecular weight is 484 g/mol. The van der Waals surface area contributed by atoms with Gasteiger partial charge in [-0.15, -0.1) is 11.3 Å². The second-order valence-electron chi connectivity index (χ2n) is 7.69. The molecule has 0 fully saturated rings. The predicted molar refractivity (Wildman–Crippen MR) is 133 cm³/mol. The maximum atomic E-state index is 12.8. The van der Waals surface area contributed by atoms with Gasteiger partial charge in [0.2, 0.25) is 5.78 Å². The fraction of sp³-hybridized carbons (Fsp3) is 0.111. The molecule has 4 aromatic rings. The van der Waals surface area contributed by atoms with Gasteiger partial charge >= 0.3 is 5.97 Å². The van der Waals surface area contributed by atoms with Crippen LogP contribution in [0.15, 0.2) is 72.1 Å². The van der Waals surface area contributed by atoms with Gasteiger partial charge in [-0.3, -0.25) is 14.2 Å². The number of thiophene rings is 1. The first kappa shape index (κ1) is 23.7. The van der Waals surface area contributed by atoms with Crippen molar-refractivity contribution < 1.29 is 19.1 Å². The molecule has 4 rings (SSSR count). The summed E-state index contributed by atoms with van der Waals surface area (Å²) in [7, 11) is 0. The summed E-state index contributed by atoms with van der Waals surface area (Å²) < 4.78 is 7.01. The molecule has 1 amide bonds. The van der Waals surface area contributed by atoms with Gasteiger partial charge in [-0.05, 0) is 49.1 Å². The lowest BCUT2D eigenvalue weighted by Crippen LogP contribution is -2.23. The van der Waals surface area contributed by atoms with Crippen LogP contribution in [0.25, 0.3) is 5.69 Å². The maximum Gasteiger partial charge on any atom is 0.339 e. The van der Waals surface area contributed by atoms with Crippen molar-refractivity contribution in [1.29, 1.82) is 5.26 Å². The minimum absolute atomic E-state index is 0.0794. The largest absolute Gasteiger partial charge is 0.452 e. The maximum absolute atomic E-state index is 12.8. The summed E-state index contributed by atoms with van der Waals surface area (Å²) in [5.41, 5.74) is 2.94. The normalized spacial score (nSPS) is 10.4. The average Bonchev–Trinajstić information content (AvgIpc) is 3.50. The Bertz CT molecular complexity index is 1450. The number of hydrogen-bond donors (Lipinski definition) is 1. The van der Waals surface area contributed by atoms with E-state index in [2.05, 4.69) is 11.4 Å². The molecule has 2 heterocycles. The summed E-state index contributed by atoms with van der Waals surface area (Å²) in [5, 5.41) is 14.2. The van der Waals surface area contributed by atoms with Gasteiger partial charge in [-0.25, -0.2) is 4.79 Å². The number of nitrogens with one attached hydrogen (secondary N) is 1. The van der Waals surface area contributed by atoms with Crippen molar-refractivity contribution in [3.63, 3.8) is 0 Å². The van der Waals surface area contributed by atoms with Crippen molar-refractivity contribution in [2.75, 3.05) is 11.9 Å². The minimum atomic E-state index is -0.785. The molecule has 8 heteroatoms. The Morgan fingerprint density at radius 1 is 0.971 bits per heavy atom. The molecular formula is C27H21N3O4S. The number of amides is 1. The molecule has 0 aliphatic carbocycles. The van der Waals surface area contributed by atoms with E-state index in [1.807, 2.05) is 44.2 Å². The number of ketones is 1. The van der Waals surface area contributed by atoms with Crippen LogP contribution in [0.3, 0.4) is 0 Å². The van der Waals surface area contributed by atoms with E-state index in [0.29, 0.717) is 16.3 Å². The summed E-state index contributed by atoms with van der Waals surface area (Å²) in [4.78, 5) is 38.8. The van der Waals surface area contributed by atoms with Crippen molar-refractivity contribution >= 4 is 34.8 Å². The molecule has 0 unspecified atom stereocenters. The number of rotatable bonds is 7. The molecule has 0 aliphatic rings. The van der Waals surface area contributed by atoms with Gasteiger partial charge in [0.15, 0.2) is 6.61 Å². The Morgan fingerprint density at radius 3 is 2.31 bits per heavy atom. The number of carbonyl (C=O) groups is 3. The van der Waals surface area contributed by atoms with Gasteiger partial charge in [-0.1, -0.05) is 42.5 Å². The summed E-state index contributed by atoms with van der Waals surface area (Å²) in [6.07, 6.45) is 0. The smallest absolute Gasteiger partial charge is 0.339 e. The Kier molecular flexibility index (Phi) is 6.90.